The van der Waals surface area contributed by atoms with E-state index in [9.17, 15) is 14.7 Å². The summed E-state index contributed by atoms with van der Waals surface area (Å²) in [5, 5.41) is 11.1. The summed E-state index contributed by atoms with van der Waals surface area (Å²) in [6, 6.07) is 15.9. The summed E-state index contributed by atoms with van der Waals surface area (Å²) in [7, 11) is 2.98. The molecule has 152 valence electrons. The first-order valence-electron chi connectivity index (χ1n) is 9.18. The molecule has 1 aliphatic heterocycles. The van der Waals surface area contributed by atoms with Crippen LogP contribution in [0.4, 0.5) is 5.69 Å². The SMILES string of the molecule is COc1cccc(N2C(=O)C(=O)/C(=C(\O)c3ccccc3OC)C2c2ccco2)c1. The minimum absolute atomic E-state index is 0.0812. The molecule has 0 aliphatic carbocycles. The topological polar surface area (TPSA) is 89.2 Å². The van der Waals surface area contributed by atoms with Gasteiger partial charge in [0.2, 0.25) is 0 Å². The maximum Gasteiger partial charge on any atom is 0.300 e. The van der Waals surface area contributed by atoms with Crippen molar-refractivity contribution in [2.75, 3.05) is 19.1 Å². The Hall–Kier alpha value is -4.00. The van der Waals surface area contributed by atoms with E-state index in [0.29, 0.717) is 28.5 Å². The van der Waals surface area contributed by atoms with Crippen molar-refractivity contribution in [3.05, 3.63) is 83.8 Å². The lowest BCUT2D eigenvalue weighted by Crippen LogP contribution is -2.29. The molecule has 2 heterocycles. The Morgan fingerprint density at radius 2 is 1.80 bits per heavy atom. The van der Waals surface area contributed by atoms with Gasteiger partial charge in [0.05, 0.1) is 31.6 Å². The van der Waals surface area contributed by atoms with Crippen molar-refractivity contribution < 1.29 is 28.6 Å². The average Bonchev–Trinajstić information content (AvgIpc) is 3.40. The van der Waals surface area contributed by atoms with Crippen molar-refractivity contribution in [2.24, 2.45) is 0 Å². The van der Waals surface area contributed by atoms with Crippen LogP contribution < -0.4 is 14.4 Å². The quantitative estimate of drug-likeness (QED) is 0.393. The number of methoxy groups -OCH3 is 2. The van der Waals surface area contributed by atoms with E-state index in [2.05, 4.69) is 0 Å². The fraction of sp³-hybridized carbons (Fsp3) is 0.130. The highest BCUT2D eigenvalue weighted by Gasteiger charge is 2.48. The second-order valence-corrected chi connectivity index (χ2v) is 6.59. The predicted molar refractivity (Wildman–Crippen MR) is 109 cm³/mol. The van der Waals surface area contributed by atoms with Gasteiger partial charge in [0.1, 0.15) is 29.1 Å². The summed E-state index contributed by atoms with van der Waals surface area (Å²) in [6.07, 6.45) is 1.45. The number of benzene rings is 2. The van der Waals surface area contributed by atoms with Gasteiger partial charge in [0, 0.05) is 11.8 Å². The van der Waals surface area contributed by atoms with Gasteiger partial charge in [-0.05, 0) is 36.4 Å². The lowest BCUT2D eigenvalue weighted by Gasteiger charge is -2.23. The van der Waals surface area contributed by atoms with E-state index >= 15 is 0 Å². The smallest absolute Gasteiger partial charge is 0.300 e. The molecule has 1 aromatic heterocycles. The summed E-state index contributed by atoms with van der Waals surface area (Å²) < 4.78 is 16.1. The molecule has 0 spiro atoms. The number of para-hydroxylation sites is 1. The third-order valence-electron chi connectivity index (χ3n) is 4.95. The molecule has 4 rings (SSSR count). The molecule has 1 unspecified atom stereocenters. The Morgan fingerprint density at radius 1 is 1.00 bits per heavy atom. The Bertz CT molecular complexity index is 1130. The zero-order valence-electron chi connectivity index (χ0n) is 16.4. The minimum atomic E-state index is -0.947. The van der Waals surface area contributed by atoms with Gasteiger partial charge in [-0.2, -0.15) is 0 Å². The van der Waals surface area contributed by atoms with Gasteiger partial charge >= 0.3 is 0 Å². The number of carbonyl (C=O) groups excluding carboxylic acids is 2. The number of Topliss-reactive ketones (excluding diaryl/α,β-unsaturated/α-hetero) is 1. The van der Waals surface area contributed by atoms with Gasteiger partial charge in [-0.25, -0.2) is 0 Å². The summed E-state index contributed by atoms with van der Waals surface area (Å²) in [5.74, 6) is -0.687. The van der Waals surface area contributed by atoms with E-state index in [-0.39, 0.29) is 11.3 Å². The van der Waals surface area contributed by atoms with E-state index in [4.69, 9.17) is 13.9 Å². The molecule has 0 saturated carbocycles. The van der Waals surface area contributed by atoms with Gasteiger partial charge in [0.25, 0.3) is 11.7 Å². The third-order valence-corrected chi connectivity index (χ3v) is 4.95. The van der Waals surface area contributed by atoms with Crippen LogP contribution in [-0.2, 0) is 9.59 Å². The fourth-order valence-corrected chi connectivity index (χ4v) is 3.56. The maximum atomic E-state index is 13.0. The van der Waals surface area contributed by atoms with Crippen molar-refractivity contribution in [2.45, 2.75) is 6.04 Å². The first kappa shape index (κ1) is 19.3. The van der Waals surface area contributed by atoms with Crippen LogP contribution in [0.15, 0.2) is 76.9 Å². The van der Waals surface area contributed by atoms with E-state index in [1.807, 2.05) is 0 Å². The second-order valence-electron chi connectivity index (χ2n) is 6.59. The van der Waals surface area contributed by atoms with Crippen molar-refractivity contribution in [1.29, 1.82) is 0 Å². The zero-order valence-corrected chi connectivity index (χ0v) is 16.4. The van der Waals surface area contributed by atoms with Crippen LogP contribution in [0, 0.1) is 0 Å². The Balaban J connectivity index is 1.94. The number of amides is 1. The standard InChI is InChI=1S/C23H19NO6/c1-28-15-8-5-7-14(13-15)24-20(18-11-6-12-30-18)19(22(26)23(24)27)21(25)16-9-3-4-10-17(16)29-2/h3-13,20,25H,1-2H3/b21-19-. The number of ketones is 1. The van der Waals surface area contributed by atoms with Crippen LogP contribution in [-0.4, -0.2) is 31.0 Å². The maximum absolute atomic E-state index is 13.0. The molecular weight excluding hydrogens is 386 g/mol. The minimum Gasteiger partial charge on any atom is -0.507 e. The van der Waals surface area contributed by atoms with Crippen LogP contribution in [0.25, 0.3) is 5.76 Å². The number of carbonyl (C=O) groups is 2. The normalized spacial score (nSPS) is 17.9. The molecule has 7 heteroatoms. The van der Waals surface area contributed by atoms with Gasteiger partial charge in [-0.15, -0.1) is 0 Å². The van der Waals surface area contributed by atoms with E-state index < -0.39 is 17.7 Å². The number of furan rings is 1. The molecule has 1 fully saturated rings. The molecule has 1 N–H and O–H groups in total. The molecule has 0 bridgehead atoms. The van der Waals surface area contributed by atoms with E-state index in [0.717, 1.165) is 0 Å². The van der Waals surface area contributed by atoms with Gasteiger partial charge < -0.3 is 19.0 Å². The molecular formula is C23H19NO6. The number of ether oxygens (including phenoxy) is 2. The van der Waals surface area contributed by atoms with Crippen LogP contribution in [0.2, 0.25) is 0 Å². The molecule has 1 atom stereocenters. The molecule has 1 saturated heterocycles. The van der Waals surface area contributed by atoms with E-state index in [1.54, 1.807) is 60.7 Å². The Labute approximate surface area is 172 Å². The van der Waals surface area contributed by atoms with Crippen LogP contribution in [0.3, 0.4) is 0 Å². The highest BCUT2D eigenvalue weighted by Crippen LogP contribution is 2.43. The molecule has 7 nitrogen and oxygen atoms in total. The molecule has 1 aliphatic rings. The van der Waals surface area contributed by atoms with Crippen LogP contribution in [0.5, 0.6) is 11.5 Å². The van der Waals surface area contributed by atoms with Crippen molar-refractivity contribution >= 4 is 23.1 Å². The van der Waals surface area contributed by atoms with Gasteiger partial charge in [-0.3, -0.25) is 14.5 Å². The fourth-order valence-electron chi connectivity index (χ4n) is 3.56. The van der Waals surface area contributed by atoms with Crippen LogP contribution in [0.1, 0.15) is 17.4 Å². The number of aliphatic hydroxyl groups excluding tert-OH is 1. The third kappa shape index (κ3) is 3.10. The Kier molecular flexibility index (Phi) is 5.02. The van der Waals surface area contributed by atoms with Gasteiger partial charge in [0.15, 0.2) is 0 Å². The number of rotatable bonds is 5. The van der Waals surface area contributed by atoms with Crippen molar-refractivity contribution in [1.82, 2.24) is 0 Å². The summed E-state index contributed by atoms with van der Waals surface area (Å²) in [4.78, 5) is 27.4. The molecule has 30 heavy (non-hydrogen) atoms. The molecule has 0 radical (unpaired) electrons. The lowest BCUT2D eigenvalue weighted by atomic mass is 9.98. The van der Waals surface area contributed by atoms with Gasteiger partial charge in [-0.1, -0.05) is 18.2 Å². The largest absolute Gasteiger partial charge is 0.507 e. The number of hydrogen-bond donors (Lipinski definition) is 1. The first-order chi connectivity index (χ1) is 14.6. The number of aliphatic hydroxyl groups is 1. The summed E-state index contributed by atoms with van der Waals surface area (Å²) in [5.41, 5.74) is 0.666. The lowest BCUT2D eigenvalue weighted by molar-refractivity contribution is -0.132. The van der Waals surface area contributed by atoms with Crippen molar-refractivity contribution in [3.8, 4) is 11.5 Å². The number of hydrogen-bond acceptors (Lipinski definition) is 6. The second kappa shape index (κ2) is 7.79. The van der Waals surface area contributed by atoms with Crippen LogP contribution >= 0.6 is 0 Å². The predicted octanol–water partition coefficient (Wildman–Crippen LogP) is 3.92. The molecule has 1 amide bonds. The summed E-state index contributed by atoms with van der Waals surface area (Å²) >= 11 is 0. The number of nitrogens with zero attached hydrogens (tertiary/aromatic N) is 1. The highest BCUT2D eigenvalue weighted by atomic mass is 16.5. The Morgan fingerprint density at radius 3 is 2.50 bits per heavy atom. The average molecular weight is 405 g/mol. The van der Waals surface area contributed by atoms with Crippen molar-refractivity contribution in [3.63, 3.8) is 0 Å². The summed E-state index contributed by atoms with van der Waals surface area (Å²) in [6.45, 7) is 0. The highest BCUT2D eigenvalue weighted by molar-refractivity contribution is 6.51. The molecule has 2 aromatic carbocycles. The van der Waals surface area contributed by atoms with E-state index in [1.165, 1.54) is 25.4 Å². The zero-order chi connectivity index (χ0) is 21.3. The first-order valence-corrected chi connectivity index (χ1v) is 9.18. The monoisotopic (exact) mass is 405 g/mol. The number of anilines is 1. The molecule has 3 aromatic rings.